The molecule has 2 heterocycles. The molecule has 5 nitrogen and oxygen atoms in total. The van der Waals surface area contributed by atoms with Crippen LogP contribution in [-0.4, -0.2) is 14.8 Å². The van der Waals surface area contributed by atoms with E-state index in [-0.39, 0.29) is 5.56 Å². The molecule has 0 saturated carbocycles. The zero-order chi connectivity index (χ0) is 12.7. The van der Waals surface area contributed by atoms with E-state index in [4.69, 9.17) is 4.42 Å². The van der Waals surface area contributed by atoms with Gasteiger partial charge in [-0.3, -0.25) is 4.79 Å². The van der Waals surface area contributed by atoms with Crippen molar-refractivity contribution < 1.29 is 4.42 Å². The fourth-order valence-corrected chi connectivity index (χ4v) is 1.76. The van der Waals surface area contributed by atoms with Crippen LogP contribution in [0.2, 0.25) is 0 Å². The van der Waals surface area contributed by atoms with Crippen LogP contribution in [0.15, 0.2) is 39.5 Å². The molecular formula is C13H11N3O2. The van der Waals surface area contributed by atoms with E-state index in [0.29, 0.717) is 17.2 Å². The lowest BCUT2D eigenvalue weighted by Gasteiger charge is -1.96. The third-order valence-electron chi connectivity index (χ3n) is 2.72. The smallest absolute Gasteiger partial charge is 0.266 e. The monoisotopic (exact) mass is 241 g/mol. The lowest BCUT2D eigenvalue weighted by Crippen LogP contribution is -2.18. The molecule has 0 amide bonds. The van der Waals surface area contributed by atoms with E-state index in [1.807, 2.05) is 25.1 Å². The molecule has 0 aliphatic rings. The van der Waals surface area contributed by atoms with Crippen LogP contribution in [0.4, 0.5) is 0 Å². The topological polar surface area (TPSA) is 60.9 Å². The Bertz CT molecular complexity index is 786. The highest BCUT2D eigenvalue weighted by molar-refractivity contribution is 5.76. The zero-order valence-corrected chi connectivity index (χ0v) is 10.0. The molecule has 1 aromatic carbocycles. The standard InChI is InChI=1S/C13H11N3O2/c1-8-3-5-11-10(7-8)14-13(18-11)9-4-6-12(17)16(2)15-9/h3-7H,1-2H3. The van der Waals surface area contributed by atoms with Crippen molar-refractivity contribution >= 4 is 11.1 Å². The normalized spacial score (nSPS) is 11.0. The Morgan fingerprint density at radius 3 is 2.83 bits per heavy atom. The van der Waals surface area contributed by atoms with Gasteiger partial charge in [0.15, 0.2) is 5.58 Å². The zero-order valence-electron chi connectivity index (χ0n) is 10.0. The first-order chi connectivity index (χ1) is 8.63. The summed E-state index contributed by atoms with van der Waals surface area (Å²) in [5.41, 5.74) is 3.01. The number of aryl methyl sites for hydroxylation is 2. The summed E-state index contributed by atoms with van der Waals surface area (Å²) in [7, 11) is 1.60. The molecule has 3 rings (SSSR count). The summed E-state index contributed by atoms with van der Waals surface area (Å²) in [6.45, 7) is 2.00. The van der Waals surface area contributed by atoms with Crippen molar-refractivity contribution in [3.05, 3.63) is 46.2 Å². The van der Waals surface area contributed by atoms with Gasteiger partial charge in [0.1, 0.15) is 11.2 Å². The Morgan fingerprint density at radius 1 is 1.22 bits per heavy atom. The minimum atomic E-state index is -0.161. The first-order valence-corrected chi connectivity index (χ1v) is 5.55. The SMILES string of the molecule is Cc1ccc2oc(-c3ccc(=O)n(C)n3)nc2c1. The molecule has 5 heteroatoms. The lowest BCUT2D eigenvalue weighted by atomic mass is 10.2. The number of benzene rings is 1. The van der Waals surface area contributed by atoms with E-state index in [9.17, 15) is 4.79 Å². The van der Waals surface area contributed by atoms with Gasteiger partial charge in [-0.1, -0.05) is 6.07 Å². The van der Waals surface area contributed by atoms with Gasteiger partial charge in [0.2, 0.25) is 5.89 Å². The summed E-state index contributed by atoms with van der Waals surface area (Å²) >= 11 is 0. The quantitative estimate of drug-likeness (QED) is 0.652. The summed E-state index contributed by atoms with van der Waals surface area (Å²) in [6, 6.07) is 8.85. The lowest BCUT2D eigenvalue weighted by molar-refractivity contribution is 0.606. The molecule has 0 aliphatic heterocycles. The average Bonchev–Trinajstić information content (AvgIpc) is 2.75. The fraction of sp³-hybridized carbons (Fsp3) is 0.154. The van der Waals surface area contributed by atoms with E-state index in [2.05, 4.69) is 10.1 Å². The number of rotatable bonds is 1. The molecular weight excluding hydrogens is 230 g/mol. The van der Waals surface area contributed by atoms with Crippen LogP contribution in [0.1, 0.15) is 5.56 Å². The predicted molar refractivity (Wildman–Crippen MR) is 67.2 cm³/mol. The number of aromatic nitrogens is 3. The van der Waals surface area contributed by atoms with Gasteiger partial charge in [0, 0.05) is 13.1 Å². The molecule has 0 atom stereocenters. The van der Waals surface area contributed by atoms with E-state index < -0.39 is 0 Å². The van der Waals surface area contributed by atoms with Gasteiger partial charge < -0.3 is 4.42 Å². The van der Waals surface area contributed by atoms with Crippen molar-refractivity contribution in [2.45, 2.75) is 6.92 Å². The highest BCUT2D eigenvalue weighted by Crippen LogP contribution is 2.22. The van der Waals surface area contributed by atoms with Gasteiger partial charge in [0.25, 0.3) is 5.56 Å². The van der Waals surface area contributed by atoms with Crippen molar-refractivity contribution in [2.24, 2.45) is 7.05 Å². The Morgan fingerprint density at radius 2 is 2.06 bits per heavy atom. The average molecular weight is 241 g/mol. The van der Waals surface area contributed by atoms with Crippen LogP contribution in [-0.2, 0) is 7.05 Å². The first kappa shape index (κ1) is 10.7. The second-order valence-corrected chi connectivity index (χ2v) is 4.17. The summed E-state index contributed by atoms with van der Waals surface area (Å²) in [5, 5.41) is 4.11. The summed E-state index contributed by atoms with van der Waals surface area (Å²) < 4.78 is 6.87. The molecule has 0 unspecified atom stereocenters. The van der Waals surface area contributed by atoms with Gasteiger partial charge in [-0.25, -0.2) is 9.67 Å². The highest BCUT2D eigenvalue weighted by atomic mass is 16.3. The van der Waals surface area contributed by atoms with Crippen LogP contribution >= 0.6 is 0 Å². The third-order valence-corrected chi connectivity index (χ3v) is 2.72. The highest BCUT2D eigenvalue weighted by Gasteiger charge is 2.10. The summed E-state index contributed by atoms with van der Waals surface area (Å²) in [4.78, 5) is 15.6. The van der Waals surface area contributed by atoms with Crippen molar-refractivity contribution in [1.29, 1.82) is 0 Å². The summed E-state index contributed by atoms with van der Waals surface area (Å²) in [5.74, 6) is 0.422. The van der Waals surface area contributed by atoms with E-state index >= 15 is 0 Å². The number of hydrogen-bond donors (Lipinski definition) is 0. The third kappa shape index (κ3) is 1.69. The molecule has 3 aromatic rings. The summed E-state index contributed by atoms with van der Waals surface area (Å²) in [6.07, 6.45) is 0. The van der Waals surface area contributed by atoms with Crippen LogP contribution in [0.25, 0.3) is 22.7 Å². The van der Waals surface area contributed by atoms with E-state index in [0.717, 1.165) is 11.1 Å². The van der Waals surface area contributed by atoms with E-state index in [1.165, 1.54) is 10.7 Å². The van der Waals surface area contributed by atoms with Gasteiger partial charge in [0.05, 0.1) is 0 Å². The van der Waals surface area contributed by atoms with Crippen molar-refractivity contribution in [3.63, 3.8) is 0 Å². The fourth-order valence-electron chi connectivity index (χ4n) is 1.76. The molecule has 0 saturated heterocycles. The Balaban J connectivity index is 2.19. The maximum absolute atomic E-state index is 11.3. The number of fused-ring (bicyclic) bond motifs is 1. The minimum absolute atomic E-state index is 0.161. The molecule has 18 heavy (non-hydrogen) atoms. The molecule has 0 N–H and O–H groups in total. The van der Waals surface area contributed by atoms with E-state index in [1.54, 1.807) is 13.1 Å². The van der Waals surface area contributed by atoms with Crippen LogP contribution in [0.3, 0.4) is 0 Å². The number of nitrogens with zero attached hydrogens (tertiary/aromatic N) is 3. The van der Waals surface area contributed by atoms with Gasteiger partial charge in [-0.15, -0.1) is 0 Å². The molecule has 0 fully saturated rings. The van der Waals surface area contributed by atoms with Crippen LogP contribution in [0, 0.1) is 6.92 Å². The van der Waals surface area contributed by atoms with Crippen LogP contribution in [0.5, 0.6) is 0 Å². The Kier molecular flexibility index (Phi) is 2.26. The molecule has 90 valence electrons. The van der Waals surface area contributed by atoms with Gasteiger partial charge in [-0.05, 0) is 30.7 Å². The predicted octanol–water partition coefficient (Wildman–Crippen LogP) is 1.90. The second-order valence-electron chi connectivity index (χ2n) is 4.17. The maximum Gasteiger partial charge on any atom is 0.266 e. The van der Waals surface area contributed by atoms with Crippen LogP contribution < -0.4 is 5.56 Å². The van der Waals surface area contributed by atoms with Gasteiger partial charge >= 0.3 is 0 Å². The van der Waals surface area contributed by atoms with Crippen molar-refractivity contribution in [1.82, 2.24) is 14.8 Å². The van der Waals surface area contributed by atoms with Gasteiger partial charge in [-0.2, -0.15) is 5.10 Å². The molecule has 0 radical (unpaired) electrons. The number of hydrogen-bond acceptors (Lipinski definition) is 4. The Hall–Kier alpha value is -2.43. The maximum atomic E-state index is 11.3. The van der Waals surface area contributed by atoms with Crippen molar-refractivity contribution in [2.75, 3.05) is 0 Å². The van der Waals surface area contributed by atoms with Crippen molar-refractivity contribution in [3.8, 4) is 11.6 Å². The first-order valence-electron chi connectivity index (χ1n) is 5.55. The largest absolute Gasteiger partial charge is 0.435 e. The second kappa shape index (κ2) is 3.80. The minimum Gasteiger partial charge on any atom is -0.435 e. The molecule has 0 aliphatic carbocycles. The Labute approximate surface area is 103 Å². The molecule has 2 aromatic heterocycles. The molecule has 0 bridgehead atoms. The number of oxazole rings is 1. The molecule has 0 spiro atoms.